The highest BCUT2D eigenvalue weighted by Crippen LogP contribution is 2.26. The molecule has 0 radical (unpaired) electrons. The lowest BCUT2D eigenvalue weighted by molar-refractivity contribution is -0.140. The summed E-state index contributed by atoms with van der Waals surface area (Å²) in [4.78, 5) is 29.9. The molecule has 0 aliphatic carbocycles. The number of rotatable bonds is 12. The van der Waals surface area contributed by atoms with Crippen LogP contribution in [0.15, 0.2) is 119 Å². The minimum atomic E-state index is -4.20. The number of anilines is 1. The van der Waals surface area contributed by atoms with Gasteiger partial charge < -0.3 is 15.0 Å². The molecular weight excluding hydrogens is 654 g/mol. The van der Waals surface area contributed by atoms with E-state index in [1.54, 1.807) is 42.5 Å². The Kier molecular flexibility index (Phi) is 11.1. The average molecular weight is 693 g/mol. The summed E-state index contributed by atoms with van der Waals surface area (Å²) in [5, 5.41) is 3.04. The molecule has 2 amide bonds. The maximum Gasteiger partial charge on any atom is 0.264 e. The molecule has 0 unspecified atom stereocenters. The predicted octanol–water partition coefficient (Wildman–Crippen LogP) is 6.21. The largest absolute Gasteiger partial charge is 0.497 e. The lowest BCUT2D eigenvalue weighted by Gasteiger charge is -2.35. The molecule has 236 valence electrons. The van der Waals surface area contributed by atoms with Crippen LogP contribution in [0.5, 0.6) is 5.75 Å². The number of hydrogen-bond donors (Lipinski definition) is 1. The van der Waals surface area contributed by atoms with Gasteiger partial charge in [-0.15, -0.1) is 0 Å². The Morgan fingerprint density at radius 1 is 0.822 bits per heavy atom. The smallest absolute Gasteiger partial charge is 0.264 e. The van der Waals surface area contributed by atoms with E-state index in [0.717, 1.165) is 19.9 Å². The van der Waals surface area contributed by atoms with Crippen LogP contribution in [0.2, 0.25) is 0 Å². The Bertz CT molecular complexity index is 1680. The Hall–Kier alpha value is -4.15. The van der Waals surface area contributed by atoms with E-state index in [2.05, 4.69) is 21.2 Å². The number of ether oxygens (including phenoxy) is 1. The van der Waals surface area contributed by atoms with Crippen molar-refractivity contribution in [2.75, 3.05) is 18.0 Å². The number of para-hydroxylation sites is 1. The molecule has 4 aromatic rings. The molecule has 0 spiro atoms. The van der Waals surface area contributed by atoms with E-state index in [1.165, 1.54) is 24.1 Å². The van der Waals surface area contributed by atoms with Gasteiger partial charge in [0.25, 0.3) is 10.0 Å². The van der Waals surface area contributed by atoms with Crippen LogP contribution >= 0.6 is 15.9 Å². The second-order valence-corrected chi connectivity index (χ2v) is 14.4. The number of sulfonamides is 1. The van der Waals surface area contributed by atoms with Gasteiger partial charge in [0.05, 0.1) is 17.7 Å². The number of carbonyl (C=O) groups is 2. The maximum absolute atomic E-state index is 14.5. The van der Waals surface area contributed by atoms with Crippen molar-refractivity contribution in [3.8, 4) is 5.75 Å². The third kappa shape index (κ3) is 9.18. The third-order valence-corrected chi connectivity index (χ3v) is 9.32. The highest BCUT2D eigenvalue weighted by atomic mass is 79.9. The fourth-order valence-corrected chi connectivity index (χ4v) is 6.47. The summed E-state index contributed by atoms with van der Waals surface area (Å²) in [7, 11) is -2.70. The van der Waals surface area contributed by atoms with Crippen molar-refractivity contribution < 1.29 is 22.7 Å². The molecule has 45 heavy (non-hydrogen) atoms. The number of methoxy groups -OCH3 is 1. The standard InChI is InChI=1S/C35H38BrN3O5S/c1-35(2,3)37-34(41)32(23-26-11-7-5-8-12-26)38(24-27-15-17-28(36)18-16-27)33(40)25-39(29-13-9-6-10-14-29)45(42,43)31-21-19-30(44-4)20-22-31/h5-22,32H,23-25H2,1-4H3,(H,37,41)/t32-/m1/s1. The van der Waals surface area contributed by atoms with Crippen LogP contribution in [-0.2, 0) is 32.6 Å². The third-order valence-electron chi connectivity index (χ3n) is 7.01. The zero-order valence-corrected chi connectivity index (χ0v) is 28.2. The zero-order chi connectivity index (χ0) is 32.6. The van der Waals surface area contributed by atoms with E-state index in [0.29, 0.717) is 11.4 Å². The minimum Gasteiger partial charge on any atom is -0.497 e. The number of amides is 2. The van der Waals surface area contributed by atoms with Gasteiger partial charge in [-0.2, -0.15) is 0 Å². The lowest BCUT2D eigenvalue weighted by atomic mass is 10.0. The Morgan fingerprint density at radius 3 is 1.96 bits per heavy atom. The SMILES string of the molecule is COc1ccc(S(=O)(=O)N(CC(=O)N(Cc2ccc(Br)cc2)[C@H](Cc2ccccc2)C(=O)NC(C)(C)C)c2ccccc2)cc1. The predicted molar refractivity (Wildman–Crippen MR) is 180 cm³/mol. The quantitative estimate of drug-likeness (QED) is 0.191. The zero-order valence-electron chi connectivity index (χ0n) is 25.8. The van der Waals surface area contributed by atoms with Gasteiger partial charge in [0, 0.05) is 23.0 Å². The molecule has 0 heterocycles. The van der Waals surface area contributed by atoms with Crippen molar-refractivity contribution in [1.29, 1.82) is 0 Å². The van der Waals surface area contributed by atoms with E-state index in [4.69, 9.17) is 4.74 Å². The van der Waals surface area contributed by atoms with Crippen LogP contribution < -0.4 is 14.4 Å². The summed E-state index contributed by atoms with van der Waals surface area (Å²) in [5.41, 5.74) is 1.42. The fraction of sp³-hybridized carbons (Fsp3) is 0.257. The Morgan fingerprint density at radius 2 is 1.40 bits per heavy atom. The summed E-state index contributed by atoms with van der Waals surface area (Å²) in [6.45, 7) is 5.20. The molecule has 0 saturated carbocycles. The number of hydrogen-bond acceptors (Lipinski definition) is 5. The monoisotopic (exact) mass is 691 g/mol. The molecule has 0 saturated heterocycles. The number of nitrogens with one attached hydrogen (secondary N) is 1. The van der Waals surface area contributed by atoms with Gasteiger partial charge in [0.15, 0.2) is 0 Å². The molecule has 8 nitrogen and oxygen atoms in total. The van der Waals surface area contributed by atoms with Crippen molar-refractivity contribution in [3.05, 3.63) is 125 Å². The van der Waals surface area contributed by atoms with Crippen molar-refractivity contribution in [3.63, 3.8) is 0 Å². The number of nitrogens with zero attached hydrogens (tertiary/aromatic N) is 2. The normalized spacial score (nSPS) is 12.2. The van der Waals surface area contributed by atoms with Crippen LogP contribution in [0.1, 0.15) is 31.9 Å². The van der Waals surface area contributed by atoms with E-state index >= 15 is 0 Å². The molecule has 1 N–H and O–H groups in total. The van der Waals surface area contributed by atoms with E-state index in [9.17, 15) is 18.0 Å². The van der Waals surface area contributed by atoms with E-state index in [-0.39, 0.29) is 23.8 Å². The highest BCUT2D eigenvalue weighted by molar-refractivity contribution is 9.10. The Balaban J connectivity index is 1.79. The first kappa shape index (κ1) is 33.7. The molecule has 0 fully saturated rings. The lowest BCUT2D eigenvalue weighted by Crippen LogP contribution is -2.56. The molecule has 10 heteroatoms. The van der Waals surface area contributed by atoms with Gasteiger partial charge >= 0.3 is 0 Å². The molecule has 0 aliphatic rings. The van der Waals surface area contributed by atoms with Gasteiger partial charge in [0.2, 0.25) is 11.8 Å². The van der Waals surface area contributed by atoms with Crippen molar-refractivity contribution in [1.82, 2.24) is 10.2 Å². The second-order valence-electron chi connectivity index (χ2n) is 11.6. The molecule has 4 rings (SSSR count). The first-order valence-corrected chi connectivity index (χ1v) is 16.7. The molecule has 1 atom stereocenters. The first-order valence-electron chi connectivity index (χ1n) is 14.5. The summed E-state index contributed by atoms with van der Waals surface area (Å²) < 4.78 is 35.4. The maximum atomic E-state index is 14.5. The average Bonchev–Trinajstić information content (AvgIpc) is 3.02. The van der Waals surface area contributed by atoms with Gasteiger partial charge in [0.1, 0.15) is 18.3 Å². The van der Waals surface area contributed by atoms with Crippen LogP contribution in [0.3, 0.4) is 0 Å². The number of carbonyl (C=O) groups excluding carboxylic acids is 2. The van der Waals surface area contributed by atoms with Gasteiger partial charge in [-0.1, -0.05) is 76.6 Å². The van der Waals surface area contributed by atoms with Crippen LogP contribution in [-0.4, -0.2) is 50.4 Å². The van der Waals surface area contributed by atoms with Crippen LogP contribution in [0.25, 0.3) is 0 Å². The van der Waals surface area contributed by atoms with Gasteiger partial charge in [-0.3, -0.25) is 13.9 Å². The summed E-state index contributed by atoms with van der Waals surface area (Å²) >= 11 is 3.46. The molecule has 0 aliphatic heterocycles. The van der Waals surface area contributed by atoms with Crippen LogP contribution in [0.4, 0.5) is 5.69 Å². The molecular formula is C35H38BrN3O5S. The second kappa shape index (κ2) is 14.8. The summed E-state index contributed by atoms with van der Waals surface area (Å²) in [5.74, 6) is -0.351. The van der Waals surface area contributed by atoms with E-state index < -0.39 is 34.1 Å². The molecule has 0 bridgehead atoms. The first-order chi connectivity index (χ1) is 21.4. The topological polar surface area (TPSA) is 96.0 Å². The minimum absolute atomic E-state index is 0.00530. The van der Waals surface area contributed by atoms with Gasteiger partial charge in [-0.25, -0.2) is 8.42 Å². The molecule has 0 aromatic heterocycles. The van der Waals surface area contributed by atoms with Crippen molar-refractivity contribution >= 4 is 43.5 Å². The Labute approximate surface area is 274 Å². The summed E-state index contributed by atoms with van der Waals surface area (Å²) in [6, 6.07) is 30.5. The van der Waals surface area contributed by atoms with Crippen molar-refractivity contribution in [2.24, 2.45) is 0 Å². The van der Waals surface area contributed by atoms with Crippen molar-refractivity contribution in [2.45, 2.75) is 50.2 Å². The van der Waals surface area contributed by atoms with Gasteiger partial charge in [-0.05, 0) is 80.4 Å². The molecule has 4 aromatic carbocycles. The fourth-order valence-electron chi connectivity index (χ4n) is 4.79. The number of benzene rings is 4. The highest BCUT2D eigenvalue weighted by Gasteiger charge is 2.35. The van der Waals surface area contributed by atoms with E-state index in [1.807, 2.05) is 75.4 Å². The summed E-state index contributed by atoms with van der Waals surface area (Å²) in [6.07, 6.45) is 0.238. The number of halogens is 1. The van der Waals surface area contributed by atoms with Crippen LogP contribution in [0, 0.1) is 0 Å².